The Labute approximate surface area is 197 Å². The maximum Gasteiger partial charge on any atom is 0.208 e. The smallest absolute Gasteiger partial charge is 0.208 e. The molecule has 1 atom stereocenters. The third kappa shape index (κ3) is 3.93. The van der Waals surface area contributed by atoms with Gasteiger partial charge in [-0.1, -0.05) is 30.3 Å². The second-order valence-corrected chi connectivity index (χ2v) is 11.8. The maximum absolute atomic E-state index is 13.4. The fourth-order valence-corrected chi connectivity index (χ4v) is 8.09. The molecule has 2 aromatic heterocycles. The van der Waals surface area contributed by atoms with Crippen LogP contribution in [0.3, 0.4) is 0 Å². The van der Waals surface area contributed by atoms with E-state index in [1.807, 2.05) is 22.8 Å². The molecule has 0 unspecified atom stereocenters. The molecule has 0 radical (unpaired) electrons. The molecule has 0 amide bonds. The molecule has 4 aromatic rings. The molecule has 0 aliphatic rings. The molecular weight excluding hydrogens is 516 g/mol. The second kappa shape index (κ2) is 8.42. The van der Waals surface area contributed by atoms with Crippen LogP contribution in [0.2, 0.25) is 0 Å². The van der Waals surface area contributed by atoms with Crippen LogP contribution in [-0.4, -0.2) is 30.1 Å². The number of sulfone groups is 1. The van der Waals surface area contributed by atoms with Crippen molar-refractivity contribution in [2.75, 3.05) is 6.26 Å². The zero-order valence-corrected chi connectivity index (χ0v) is 20.7. The number of thioether (sulfide) groups is 1. The largest absolute Gasteiger partial charge is 0.383 e. The molecule has 0 fully saturated rings. The number of aromatic nitrogens is 2. The zero-order valence-electron chi connectivity index (χ0n) is 16.7. The van der Waals surface area contributed by atoms with Crippen molar-refractivity contribution in [2.24, 2.45) is 5.73 Å². The van der Waals surface area contributed by atoms with E-state index in [1.165, 1.54) is 29.2 Å². The summed E-state index contributed by atoms with van der Waals surface area (Å²) in [5, 5.41) is 7.65. The summed E-state index contributed by atoms with van der Waals surface area (Å²) in [5.41, 5.74) is 8.12. The van der Waals surface area contributed by atoms with Gasteiger partial charge in [0, 0.05) is 4.47 Å². The highest BCUT2D eigenvalue weighted by molar-refractivity contribution is 9.10. The van der Waals surface area contributed by atoms with Crippen LogP contribution < -0.4 is 5.73 Å². The van der Waals surface area contributed by atoms with Crippen LogP contribution in [0.25, 0.3) is 11.0 Å². The van der Waals surface area contributed by atoms with Gasteiger partial charge < -0.3 is 10.3 Å². The van der Waals surface area contributed by atoms with E-state index >= 15 is 0 Å². The molecule has 4 rings (SSSR count). The molecule has 160 valence electrons. The number of fused-ring (bicyclic) bond motifs is 1. The summed E-state index contributed by atoms with van der Waals surface area (Å²) in [5.74, 6) is -0.146. The number of rotatable bonds is 6. The van der Waals surface area contributed by atoms with E-state index in [9.17, 15) is 8.42 Å². The molecular formula is C21H19BrN4O2S3. The van der Waals surface area contributed by atoms with Gasteiger partial charge >= 0.3 is 0 Å². The molecule has 0 aliphatic carbocycles. The van der Waals surface area contributed by atoms with E-state index in [1.54, 1.807) is 24.7 Å². The minimum Gasteiger partial charge on any atom is -0.383 e. The Kier molecular flexibility index (Phi) is 5.99. The Morgan fingerprint density at radius 3 is 2.61 bits per heavy atom. The SMILES string of the molecule is CSc1sc(C(=N)N)cc1S(=O)(=O)c1cc(Br)c2c(c1)ncn2[C@H](C)c1ccccc1. The number of hydrogen-bond donors (Lipinski definition) is 2. The number of nitrogens with zero attached hydrogens (tertiary/aromatic N) is 2. The second-order valence-electron chi connectivity index (χ2n) is 6.89. The molecule has 10 heteroatoms. The third-order valence-corrected chi connectivity index (χ3v) is 9.94. The fourth-order valence-electron chi connectivity index (χ4n) is 3.38. The number of amidine groups is 1. The summed E-state index contributed by atoms with van der Waals surface area (Å²) in [6.07, 6.45) is 3.54. The number of imidazole rings is 1. The van der Waals surface area contributed by atoms with Gasteiger partial charge in [0.1, 0.15) is 5.84 Å². The first-order valence-corrected chi connectivity index (χ1v) is 13.5. The van der Waals surface area contributed by atoms with Gasteiger partial charge in [-0.3, -0.25) is 5.41 Å². The molecule has 31 heavy (non-hydrogen) atoms. The molecule has 0 spiro atoms. The van der Waals surface area contributed by atoms with Crippen molar-refractivity contribution in [1.82, 2.24) is 9.55 Å². The fraction of sp³-hybridized carbons (Fsp3) is 0.143. The molecule has 0 saturated carbocycles. The van der Waals surface area contributed by atoms with Crippen LogP contribution in [0.15, 0.2) is 73.3 Å². The number of benzene rings is 2. The Hall–Kier alpha value is -2.14. The lowest BCUT2D eigenvalue weighted by molar-refractivity contribution is 0.595. The molecule has 0 saturated heterocycles. The average Bonchev–Trinajstić information content (AvgIpc) is 3.39. The minimum absolute atomic E-state index is 0.0306. The van der Waals surface area contributed by atoms with Crippen molar-refractivity contribution in [2.45, 2.75) is 27.0 Å². The van der Waals surface area contributed by atoms with Gasteiger partial charge in [-0.2, -0.15) is 0 Å². The van der Waals surface area contributed by atoms with E-state index < -0.39 is 9.84 Å². The molecule has 0 aliphatic heterocycles. The van der Waals surface area contributed by atoms with Crippen molar-refractivity contribution in [3.8, 4) is 0 Å². The average molecular weight is 536 g/mol. The topological polar surface area (TPSA) is 102 Å². The Balaban J connectivity index is 1.83. The number of nitrogens with one attached hydrogen (secondary N) is 1. The van der Waals surface area contributed by atoms with Gasteiger partial charge in [0.15, 0.2) is 0 Å². The zero-order chi connectivity index (χ0) is 22.3. The molecule has 0 bridgehead atoms. The van der Waals surface area contributed by atoms with E-state index in [0.29, 0.717) is 19.1 Å². The third-order valence-electron chi connectivity index (χ3n) is 5.01. The minimum atomic E-state index is -3.81. The lowest BCUT2D eigenvalue weighted by Crippen LogP contribution is -2.09. The van der Waals surface area contributed by atoms with E-state index in [-0.39, 0.29) is 21.7 Å². The number of halogens is 1. The highest BCUT2D eigenvalue weighted by Gasteiger charge is 2.27. The van der Waals surface area contributed by atoms with Crippen molar-refractivity contribution in [3.63, 3.8) is 0 Å². The van der Waals surface area contributed by atoms with Crippen LogP contribution in [0.1, 0.15) is 23.4 Å². The predicted molar refractivity (Wildman–Crippen MR) is 130 cm³/mol. The summed E-state index contributed by atoms with van der Waals surface area (Å²) >= 11 is 6.10. The first kappa shape index (κ1) is 22.1. The van der Waals surface area contributed by atoms with Crippen molar-refractivity contribution in [1.29, 1.82) is 5.41 Å². The van der Waals surface area contributed by atoms with Gasteiger partial charge in [-0.25, -0.2) is 13.4 Å². The van der Waals surface area contributed by atoms with Crippen LogP contribution in [0.5, 0.6) is 0 Å². The van der Waals surface area contributed by atoms with Crippen LogP contribution in [0.4, 0.5) is 0 Å². The number of nitrogens with two attached hydrogens (primary N) is 1. The first-order chi connectivity index (χ1) is 14.7. The highest BCUT2D eigenvalue weighted by atomic mass is 79.9. The van der Waals surface area contributed by atoms with Crippen LogP contribution in [-0.2, 0) is 9.84 Å². The van der Waals surface area contributed by atoms with Gasteiger partial charge in [0.2, 0.25) is 9.84 Å². The monoisotopic (exact) mass is 534 g/mol. The Bertz CT molecular complexity index is 1400. The Morgan fingerprint density at radius 1 is 1.26 bits per heavy atom. The predicted octanol–water partition coefficient (Wildman–Crippen LogP) is 5.31. The summed E-state index contributed by atoms with van der Waals surface area (Å²) in [6, 6.07) is 14.8. The van der Waals surface area contributed by atoms with Gasteiger partial charge in [-0.15, -0.1) is 23.1 Å². The standard InChI is InChI=1S/C21H19BrN4O2S3/c1-12(13-6-4-3-5-7-13)26-11-25-16-9-14(8-15(22)19(16)26)31(27,28)18-10-17(20(23)24)30-21(18)29-2/h3-12H,1-2H3,(H3,23,24)/t12-/m1/s1. The maximum atomic E-state index is 13.4. The van der Waals surface area contributed by atoms with E-state index in [4.69, 9.17) is 11.1 Å². The van der Waals surface area contributed by atoms with Gasteiger partial charge in [0.05, 0.1) is 42.3 Å². The number of hydrogen-bond acceptors (Lipinski definition) is 6. The van der Waals surface area contributed by atoms with Crippen molar-refractivity contribution < 1.29 is 8.42 Å². The van der Waals surface area contributed by atoms with Crippen LogP contribution >= 0.6 is 39.0 Å². The summed E-state index contributed by atoms with van der Waals surface area (Å²) in [7, 11) is -3.81. The summed E-state index contributed by atoms with van der Waals surface area (Å²) in [6.45, 7) is 2.08. The van der Waals surface area contributed by atoms with E-state index in [2.05, 4.69) is 40.0 Å². The Morgan fingerprint density at radius 2 is 1.97 bits per heavy atom. The van der Waals surface area contributed by atoms with Crippen molar-refractivity contribution in [3.05, 3.63) is 69.8 Å². The van der Waals surface area contributed by atoms with Crippen LogP contribution in [0, 0.1) is 5.41 Å². The molecule has 3 N–H and O–H groups in total. The van der Waals surface area contributed by atoms with Gasteiger partial charge in [0.25, 0.3) is 0 Å². The summed E-state index contributed by atoms with van der Waals surface area (Å²) < 4.78 is 30.1. The highest BCUT2D eigenvalue weighted by Crippen LogP contribution is 2.39. The van der Waals surface area contributed by atoms with Gasteiger partial charge in [-0.05, 0) is 52.9 Å². The lowest BCUT2D eigenvalue weighted by atomic mass is 10.1. The quantitative estimate of drug-likeness (QED) is 0.198. The van der Waals surface area contributed by atoms with E-state index in [0.717, 1.165) is 11.1 Å². The normalized spacial score (nSPS) is 12.9. The molecule has 2 heterocycles. The lowest BCUT2D eigenvalue weighted by Gasteiger charge is -2.16. The molecule has 2 aromatic carbocycles. The first-order valence-electron chi connectivity index (χ1n) is 9.22. The summed E-state index contributed by atoms with van der Waals surface area (Å²) in [4.78, 5) is 5.23. The molecule has 6 nitrogen and oxygen atoms in total. The number of nitrogen functional groups attached to an aromatic ring is 1. The number of thiophene rings is 1. The van der Waals surface area contributed by atoms with Crippen molar-refractivity contribution >= 4 is 65.7 Å².